The van der Waals surface area contributed by atoms with Crippen LogP contribution in [0.3, 0.4) is 0 Å². The molecule has 92 valence electrons. The van der Waals surface area contributed by atoms with Gasteiger partial charge < -0.3 is 4.43 Å². The van der Waals surface area contributed by atoms with Gasteiger partial charge in [-0.2, -0.15) is 0 Å². The van der Waals surface area contributed by atoms with Gasteiger partial charge in [-0.25, -0.2) is 0 Å². The van der Waals surface area contributed by atoms with Crippen molar-refractivity contribution in [1.29, 1.82) is 0 Å². The zero-order valence-electron chi connectivity index (χ0n) is 11.0. The third-order valence-corrected chi connectivity index (χ3v) is 3.86. The molecule has 2 heteroatoms. The summed E-state index contributed by atoms with van der Waals surface area (Å²) >= 11 is 0. The predicted molar refractivity (Wildman–Crippen MR) is 74.2 cm³/mol. The fraction of sp³-hybridized carbons (Fsp3) is 0.714. The molecule has 1 aliphatic carbocycles. The smallest absolute Gasteiger partial charge is 0.183 e. The Kier molecular flexibility index (Phi) is 6.07. The molecule has 0 atom stereocenters. The van der Waals surface area contributed by atoms with Crippen molar-refractivity contribution in [2.45, 2.75) is 51.7 Å². The van der Waals surface area contributed by atoms with Gasteiger partial charge in [-0.1, -0.05) is 43.6 Å². The lowest BCUT2D eigenvalue weighted by atomic mass is 10.0. The van der Waals surface area contributed by atoms with Crippen molar-refractivity contribution in [3.8, 4) is 0 Å². The van der Waals surface area contributed by atoms with Gasteiger partial charge in [0.1, 0.15) is 0 Å². The third-order valence-electron chi connectivity index (χ3n) is 2.79. The maximum absolute atomic E-state index is 5.83. The Hall–Kier alpha value is -0.343. The van der Waals surface area contributed by atoms with Crippen LogP contribution in [0.1, 0.15) is 32.1 Å². The number of hydrogen-bond acceptors (Lipinski definition) is 1. The van der Waals surface area contributed by atoms with Crippen LogP contribution in [0, 0.1) is 5.92 Å². The van der Waals surface area contributed by atoms with Gasteiger partial charge in [0.25, 0.3) is 0 Å². The summed E-state index contributed by atoms with van der Waals surface area (Å²) in [5.74, 6) is 0.721. The standard InChI is InChI=1S/C14H26OSi/c1-16(2,3)15-13-9-5-4-6-10-14-11-7-8-12-14/h7-8,11-12,14H,4-6,9-10,13H2,1-3H3. The largest absolute Gasteiger partial charge is 0.418 e. The molecule has 0 aromatic carbocycles. The summed E-state index contributed by atoms with van der Waals surface area (Å²) in [6.07, 6.45) is 15.5. The van der Waals surface area contributed by atoms with E-state index in [9.17, 15) is 0 Å². The third kappa shape index (κ3) is 7.02. The first-order valence-electron chi connectivity index (χ1n) is 6.57. The van der Waals surface area contributed by atoms with Crippen LogP contribution in [0.15, 0.2) is 24.3 Å². The molecule has 0 aromatic rings. The lowest BCUT2D eigenvalue weighted by Crippen LogP contribution is -2.25. The normalized spacial score (nSPS) is 16.2. The molecule has 0 aromatic heterocycles. The minimum Gasteiger partial charge on any atom is -0.418 e. The van der Waals surface area contributed by atoms with Crippen molar-refractivity contribution in [3.63, 3.8) is 0 Å². The molecule has 0 aliphatic heterocycles. The molecule has 0 bridgehead atoms. The Morgan fingerprint density at radius 2 is 1.56 bits per heavy atom. The molecule has 0 unspecified atom stereocenters. The van der Waals surface area contributed by atoms with Gasteiger partial charge in [0.2, 0.25) is 0 Å². The maximum atomic E-state index is 5.83. The zero-order chi connectivity index (χ0) is 11.9. The van der Waals surface area contributed by atoms with Crippen LogP contribution in [0.2, 0.25) is 19.6 Å². The van der Waals surface area contributed by atoms with E-state index in [2.05, 4.69) is 43.9 Å². The zero-order valence-corrected chi connectivity index (χ0v) is 12.0. The van der Waals surface area contributed by atoms with E-state index in [0.717, 1.165) is 12.5 Å². The number of allylic oxidation sites excluding steroid dienone is 4. The summed E-state index contributed by atoms with van der Waals surface area (Å²) in [4.78, 5) is 0. The van der Waals surface area contributed by atoms with Crippen LogP contribution in [0.5, 0.6) is 0 Å². The van der Waals surface area contributed by atoms with E-state index >= 15 is 0 Å². The van der Waals surface area contributed by atoms with Crippen molar-refractivity contribution in [3.05, 3.63) is 24.3 Å². The fourth-order valence-electron chi connectivity index (χ4n) is 1.88. The Balaban J connectivity index is 1.85. The molecule has 1 nitrogen and oxygen atoms in total. The Morgan fingerprint density at radius 3 is 2.19 bits per heavy atom. The van der Waals surface area contributed by atoms with Crippen LogP contribution in [0.25, 0.3) is 0 Å². The number of hydrogen-bond donors (Lipinski definition) is 0. The van der Waals surface area contributed by atoms with E-state index in [0.29, 0.717) is 0 Å². The first-order valence-corrected chi connectivity index (χ1v) is 9.98. The summed E-state index contributed by atoms with van der Waals surface area (Å²) in [5, 5.41) is 0. The SMILES string of the molecule is C[Si](C)(C)OCCCCCCC1C=CC=C1. The van der Waals surface area contributed by atoms with E-state index in [1.807, 2.05) is 0 Å². The summed E-state index contributed by atoms with van der Waals surface area (Å²) < 4.78 is 5.83. The molecule has 0 saturated carbocycles. The van der Waals surface area contributed by atoms with Crippen molar-refractivity contribution >= 4 is 8.32 Å². The minimum absolute atomic E-state index is 0.721. The highest BCUT2D eigenvalue weighted by molar-refractivity contribution is 6.69. The second-order valence-corrected chi connectivity index (χ2v) is 10.1. The average Bonchev–Trinajstić information content (AvgIpc) is 2.67. The molecule has 0 amide bonds. The molecule has 1 rings (SSSR count). The number of unbranched alkanes of at least 4 members (excludes halogenated alkanes) is 3. The monoisotopic (exact) mass is 238 g/mol. The molecule has 0 fully saturated rings. The number of rotatable bonds is 8. The lowest BCUT2D eigenvalue weighted by molar-refractivity contribution is 0.298. The molecule has 1 aliphatic rings. The van der Waals surface area contributed by atoms with Crippen molar-refractivity contribution in [1.82, 2.24) is 0 Å². The van der Waals surface area contributed by atoms with E-state index in [4.69, 9.17) is 4.43 Å². The fourth-order valence-corrected chi connectivity index (χ4v) is 2.64. The van der Waals surface area contributed by atoms with E-state index in [-0.39, 0.29) is 0 Å². The van der Waals surface area contributed by atoms with Crippen LogP contribution in [-0.4, -0.2) is 14.9 Å². The highest BCUT2D eigenvalue weighted by Gasteiger charge is 2.12. The van der Waals surface area contributed by atoms with Crippen molar-refractivity contribution in [2.24, 2.45) is 5.92 Å². The second kappa shape index (κ2) is 7.07. The van der Waals surface area contributed by atoms with E-state index in [1.165, 1.54) is 32.1 Å². The second-order valence-electron chi connectivity index (χ2n) is 5.60. The van der Waals surface area contributed by atoms with Gasteiger partial charge in [0.15, 0.2) is 8.32 Å². The summed E-state index contributed by atoms with van der Waals surface area (Å²) in [7, 11) is -1.27. The van der Waals surface area contributed by atoms with Gasteiger partial charge in [-0.15, -0.1) is 0 Å². The van der Waals surface area contributed by atoms with Gasteiger partial charge >= 0.3 is 0 Å². The lowest BCUT2D eigenvalue weighted by Gasteiger charge is -2.16. The molecule has 0 radical (unpaired) electrons. The van der Waals surface area contributed by atoms with Crippen molar-refractivity contribution < 1.29 is 4.43 Å². The van der Waals surface area contributed by atoms with Gasteiger partial charge in [-0.05, 0) is 38.4 Å². The highest BCUT2D eigenvalue weighted by atomic mass is 28.4. The molecule has 0 saturated heterocycles. The summed E-state index contributed by atoms with van der Waals surface area (Å²) in [5.41, 5.74) is 0. The van der Waals surface area contributed by atoms with Crippen LogP contribution in [-0.2, 0) is 4.43 Å². The van der Waals surface area contributed by atoms with Gasteiger partial charge in [0, 0.05) is 6.61 Å². The average molecular weight is 238 g/mol. The van der Waals surface area contributed by atoms with Gasteiger partial charge in [-0.3, -0.25) is 0 Å². The predicted octanol–water partition coefficient (Wildman–Crippen LogP) is 4.53. The van der Waals surface area contributed by atoms with Gasteiger partial charge in [0.05, 0.1) is 0 Å². The molecular weight excluding hydrogens is 212 g/mol. The first-order chi connectivity index (χ1) is 7.58. The Labute approximate surface area is 102 Å². The topological polar surface area (TPSA) is 9.23 Å². The Bertz CT molecular complexity index is 226. The Morgan fingerprint density at radius 1 is 0.938 bits per heavy atom. The highest BCUT2D eigenvalue weighted by Crippen LogP contribution is 2.17. The van der Waals surface area contributed by atoms with E-state index in [1.54, 1.807) is 0 Å². The minimum atomic E-state index is -1.27. The van der Waals surface area contributed by atoms with E-state index < -0.39 is 8.32 Å². The molecular formula is C14H26OSi. The van der Waals surface area contributed by atoms with Crippen LogP contribution >= 0.6 is 0 Å². The van der Waals surface area contributed by atoms with Crippen molar-refractivity contribution in [2.75, 3.05) is 6.61 Å². The quantitative estimate of drug-likeness (QED) is 0.446. The summed E-state index contributed by atoms with van der Waals surface area (Å²) in [6, 6.07) is 0. The molecule has 0 heterocycles. The van der Waals surface area contributed by atoms with Crippen LogP contribution in [0.4, 0.5) is 0 Å². The maximum Gasteiger partial charge on any atom is 0.183 e. The molecule has 0 spiro atoms. The summed E-state index contributed by atoms with van der Waals surface area (Å²) in [6.45, 7) is 7.74. The molecule has 0 N–H and O–H groups in total. The first kappa shape index (κ1) is 13.7. The molecule has 16 heavy (non-hydrogen) atoms. The van der Waals surface area contributed by atoms with Crippen LogP contribution < -0.4 is 0 Å².